The van der Waals surface area contributed by atoms with Gasteiger partial charge in [0.2, 0.25) is 0 Å². The second-order valence-electron chi connectivity index (χ2n) is 4.12. The van der Waals surface area contributed by atoms with E-state index in [1.165, 1.54) is 0 Å². The molecule has 90 valence electrons. The number of rotatable bonds is 5. The first-order chi connectivity index (χ1) is 7.60. The Bertz CT molecular complexity index is 337. The van der Waals surface area contributed by atoms with Crippen molar-refractivity contribution in [2.45, 2.75) is 19.9 Å². The molecule has 0 heterocycles. The van der Waals surface area contributed by atoms with Crippen LogP contribution >= 0.6 is 0 Å². The fourth-order valence-electron chi connectivity index (χ4n) is 1.76. The van der Waals surface area contributed by atoms with Gasteiger partial charge in [-0.25, -0.2) is 0 Å². The van der Waals surface area contributed by atoms with Crippen molar-refractivity contribution in [2.75, 3.05) is 27.3 Å². The molecule has 0 aliphatic rings. The van der Waals surface area contributed by atoms with Crippen molar-refractivity contribution in [1.29, 1.82) is 0 Å². The van der Waals surface area contributed by atoms with E-state index in [1.54, 1.807) is 0 Å². The molecule has 0 bridgehead atoms. The Labute approximate surface area is 97.7 Å². The summed E-state index contributed by atoms with van der Waals surface area (Å²) in [5.74, 6) is 0.918. The van der Waals surface area contributed by atoms with Crippen LogP contribution in [-0.4, -0.2) is 37.3 Å². The van der Waals surface area contributed by atoms with Crippen molar-refractivity contribution in [3.05, 3.63) is 29.3 Å². The zero-order chi connectivity index (χ0) is 12.1. The second kappa shape index (κ2) is 5.87. The predicted molar refractivity (Wildman–Crippen MR) is 65.9 cm³/mol. The van der Waals surface area contributed by atoms with Crippen LogP contribution in [0.15, 0.2) is 18.2 Å². The quantitative estimate of drug-likeness (QED) is 0.828. The fourth-order valence-corrected chi connectivity index (χ4v) is 1.76. The van der Waals surface area contributed by atoms with Gasteiger partial charge in [-0.15, -0.1) is 0 Å². The second-order valence-corrected chi connectivity index (χ2v) is 4.12. The number of nitrogens with zero attached hydrogens (tertiary/aromatic N) is 1. The SMILES string of the molecule is CCOc1ccc(C(CO)N(C)C)cc1C. The highest BCUT2D eigenvalue weighted by Crippen LogP contribution is 2.24. The third kappa shape index (κ3) is 2.97. The van der Waals surface area contributed by atoms with Crippen molar-refractivity contribution in [3.63, 3.8) is 0 Å². The van der Waals surface area contributed by atoms with Crippen LogP contribution < -0.4 is 4.74 Å². The standard InChI is InChI=1S/C13H21NO2/c1-5-16-13-7-6-11(8-10(13)2)12(9-15)14(3)4/h6-8,12,15H,5,9H2,1-4H3. The number of hydrogen-bond donors (Lipinski definition) is 1. The molecule has 1 N–H and O–H groups in total. The maximum absolute atomic E-state index is 9.34. The van der Waals surface area contributed by atoms with Crippen molar-refractivity contribution < 1.29 is 9.84 Å². The van der Waals surface area contributed by atoms with E-state index in [0.717, 1.165) is 16.9 Å². The molecular formula is C13H21NO2. The maximum atomic E-state index is 9.34. The van der Waals surface area contributed by atoms with Gasteiger partial charge in [0.05, 0.1) is 19.3 Å². The maximum Gasteiger partial charge on any atom is 0.122 e. The Hall–Kier alpha value is -1.06. The largest absolute Gasteiger partial charge is 0.494 e. The molecule has 0 radical (unpaired) electrons. The van der Waals surface area contributed by atoms with Crippen LogP contribution in [0.25, 0.3) is 0 Å². The summed E-state index contributed by atoms with van der Waals surface area (Å²) in [6.07, 6.45) is 0. The fraction of sp³-hybridized carbons (Fsp3) is 0.538. The van der Waals surface area contributed by atoms with Crippen molar-refractivity contribution >= 4 is 0 Å². The molecule has 0 aliphatic heterocycles. The molecule has 1 aromatic carbocycles. The lowest BCUT2D eigenvalue weighted by Gasteiger charge is -2.23. The molecule has 0 aromatic heterocycles. The summed E-state index contributed by atoms with van der Waals surface area (Å²) in [7, 11) is 3.93. The topological polar surface area (TPSA) is 32.7 Å². The molecular weight excluding hydrogens is 202 g/mol. The summed E-state index contributed by atoms with van der Waals surface area (Å²) in [5.41, 5.74) is 2.23. The summed E-state index contributed by atoms with van der Waals surface area (Å²) in [6.45, 7) is 4.81. The van der Waals surface area contributed by atoms with Crippen LogP contribution in [-0.2, 0) is 0 Å². The van der Waals surface area contributed by atoms with Crippen LogP contribution in [0.2, 0.25) is 0 Å². The van der Waals surface area contributed by atoms with Gasteiger partial charge in [-0.05, 0) is 45.1 Å². The van der Waals surface area contributed by atoms with E-state index in [2.05, 4.69) is 6.07 Å². The van der Waals surface area contributed by atoms with Crippen LogP contribution in [0, 0.1) is 6.92 Å². The molecule has 1 rings (SSSR count). The van der Waals surface area contributed by atoms with E-state index in [4.69, 9.17) is 4.74 Å². The number of aliphatic hydroxyl groups excluding tert-OH is 1. The smallest absolute Gasteiger partial charge is 0.122 e. The first-order valence-corrected chi connectivity index (χ1v) is 5.60. The van der Waals surface area contributed by atoms with Gasteiger partial charge in [0, 0.05) is 0 Å². The zero-order valence-electron chi connectivity index (χ0n) is 10.5. The van der Waals surface area contributed by atoms with Crippen LogP contribution in [0.3, 0.4) is 0 Å². The van der Waals surface area contributed by atoms with Gasteiger partial charge in [-0.1, -0.05) is 12.1 Å². The van der Waals surface area contributed by atoms with Gasteiger partial charge < -0.3 is 14.7 Å². The summed E-state index contributed by atoms with van der Waals surface area (Å²) in [6, 6.07) is 6.11. The van der Waals surface area contributed by atoms with Crippen LogP contribution in [0.1, 0.15) is 24.1 Å². The van der Waals surface area contributed by atoms with Gasteiger partial charge in [0.25, 0.3) is 0 Å². The number of likely N-dealkylation sites (N-methyl/N-ethyl adjacent to an activating group) is 1. The molecule has 0 saturated heterocycles. The predicted octanol–water partition coefficient (Wildman–Crippen LogP) is 1.99. The molecule has 0 fully saturated rings. The summed E-state index contributed by atoms with van der Waals surface area (Å²) in [4.78, 5) is 2.01. The van der Waals surface area contributed by atoms with Crippen LogP contribution in [0.5, 0.6) is 5.75 Å². The first-order valence-electron chi connectivity index (χ1n) is 5.60. The van der Waals surface area contributed by atoms with Gasteiger partial charge in [0.1, 0.15) is 5.75 Å². The molecule has 1 atom stereocenters. The van der Waals surface area contributed by atoms with E-state index in [9.17, 15) is 5.11 Å². The molecule has 0 spiro atoms. The lowest BCUT2D eigenvalue weighted by molar-refractivity contribution is 0.170. The highest BCUT2D eigenvalue weighted by atomic mass is 16.5. The molecule has 1 unspecified atom stereocenters. The minimum absolute atomic E-state index is 0.0503. The molecule has 16 heavy (non-hydrogen) atoms. The van der Waals surface area contributed by atoms with E-state index < -0.39 is 0 Å². The zero-order valence-corrected chi connectivity index (χ0v) is 10.5. The molecule has 0 saturated carbocycles. The molecule has 0 amide bonds. The van der Waals surface area contributed by atoms with Crippen molar-refractivity contribution in [3.8, 4) is 5.75 Å². The van der Waals surface area contributed by atoms with Gasteiger partial charge in [0.15, 0.2) is 0 Å². The van der Waals surface area contributed by atoms with Gasteiger partial charge in [-0.2, -0.15) is 0 Å². The summed E-state index contributed by atoms with van der Waals surface area (Å²) >= 11 is 0. The van der Waals surface area contributed by atoms with Gasteiger partial charge in [-0.3, -0.25) is 0 Å². The summed E-state index contributed by atoms with van der Waals surface area (Å²) < 4.78 is 5.49. The number of benzene rings is 1. The number of aliphatic hydroxyl groups is 1. The average Bonchev–Trinajstić information content (AvgIpc) is 2.22. The number of aryl methyl sites for hydroxylation is 1. The number of hydrogen-bond acceptors (Lipinski definition) is 3. The third-order valence-electron chi connectivity index (χ3n) is 2.68. The lowest BCUT2D eigenvalue weighted by Crippen LogP contribution is -2.23. The minimum atomic E-state index is 0.0503. The van der Waals surface area contributed by atoms with E-state index in [-0.39, 0.29) is 12.6 Å². The summed E-state index contributed by atoms with van der Waals surface area (Å²) in [5, 5.41) is 9.34. The monoisotopic (exact) mass is 223 g/mol. The average molecular weight is 223 g/mol. The van der Waals surface area contributed by atoms with Crippen LogP contribution in [0.4, 0.5) is 0 Å². The highest BCUT2D eigenvalue weighted by Gasteiger charge is 2.13. The third-order valence-corrected chi connectivity index (χ3v) is 2.68. The van der Waals surface area contributed by atoms with Gasteiger partial charge >= 0.3 is 0 Å². The van der Waals surface area contributed by atoms with Crippen molar-refractivity contribution in [2.24, 2.45) is 0 Å². The first kappa shape index (κ1) is 13.0. The Morgan fingerprint density at radius 1 is 1.38 bits per heavy atom. The molecule has 3 nitrogen and oxygen atoms in total. The normalized spacial score (nSPS) is 12.9. The Morgan fingerprint density at radius 2 is 2.06 bits per heavy atom. The number of ether oxygens (including phenoxy) is 1. The van der Waals surface area contributed by atoms with E-state index >= 15 is 0 Å². The molecule has 1 aromatic rings. The van der Waals surface area contributed by atoms with E-state index in [1.807, 2.05) is 45.0 Å². The Kier molecular flexibility index (Phi) is 4.77. The minimum Gasteiger partial charge on any atom is -0.494 e. The molecule has 0 aliphatic carbocycles. The lowest BCUT2D eigenvalue weighted by atomic mass is 10.0. The van der Waals surface area contributed by atoms with Crippen molar-refractivity contribution in [1.82, 2.24) is 4.90 Å². The van der Waals surface area contributed by atoms with E-state index in [0.29, 0.717) is 6.61 Å². The highest BCUT2D eigenvalue weighted by molar-refractivity contribution is 5.37. The Balaban J connectivity index is 2.95. The Morgan fingerprint density at radius 3 is 2.50 bits per heavy atom. The molecule has 3 heteroatoms.